The maximum atomic E-state index is 12.6. The van der Waals surface area contributed by atoms with Gasteiger partial charge in [0.15, 0.2) is 0 Å². The van der Waals surface area contributed by atoms with E-state index in [9.17, 15) is 19.8 Å². The molecule has 0 aliphatic heterocycles. The summed E-state index contributed by atoms with van der Waals surface area (Å²) in [5.41, 5.74) is 0. The Kier molecular flexibility index (Phi) is 81.3. The number of carbonyl (C=O) groups excluding carboxylic acids is 2. The minimum Gasteiger partial charge on any atom is -0.466 e. The molecule has 6 heteroatoms. The first-order chi connectivity index (χ1) is 46.0. The van der Waals surface area contributed by atoms with Gasteiger partial charge in [-0.1, -0.05) is 449 Å². The number of ether oxygens (including phenoxy) is 1. The molecule has 0 bridgehead atoms. The van der Waals surface area contributed by atoms with Crippen molar-refractivity contribution in [1.29, 1.82) is 0 Å². The van der Waals surface area contributed by atoms with Crippen LogP contribution in [0, 0.1) is 0 Å². The number of hydrogen-bond donors (Lipinski definition) is 3. The van der Waals surface area contributed by atoms with Crippen LogP contribution in [0.3, 0.4) is 0 Å². The molecular weight excluding hydrogens is 1140 g/mol. The molecule has 1 amide bonds. The van der Waals surface area contributed by atoms with E-state index in [4.69, 9.17) is 4.74 Å². The van der Waals surface area contributed by atoms with E-state index in [0.717, 1.165) is 44.9 Å². The summed E-state index contributed by atoms with van der Waals surface area (Å²) in [5, 5.41) is 23.5. The number of esters is 1. The van der Waals surface area contributed by atoms with Crippen molar-refractivity contribution in [3.63, 3.8) is 0 Å². The Morgan fingerprint density at radius 1 is 0.301 bits per heavy atom. The monoisotopic (exact) mass is 1310 g/mol. The summed E-state index contributed by atoms with van der Waals surface area (Å²) in [4.78, 5) is 24.7. The fraction of sp³-hybridized carbons (Fsp3) is 0.931. The maximum absolute atomic E-state index is 12.6. The van der Waals surface area contributed by atoms with Crippen molar-refractivity contribution in [2.45, 2.75) is 508 Å². The van der Waals surface area contributed by atoms with E-state index in [1.807, 2.05) is 0 Å². The van der Waals surface area contributed by atoms with Gasteiger partial charge < -0.3 is 20.3 Å². The normalized spacial score (nSPS) is 12.5. The van der Waals surface area contributed by atoms with E-state index >= 15 is 0 Å². The van der Waals surface area contributed by atoms with Gasteiger partial charge in [-0.25, -0.2) is 0 Å². The second kappa shape index (κ2) is 82.8. The maximum Gasteiger partial charge on any atom is 0.305 e. The molecule has 0 saturated carbocycles. The highest BCUT2D eigenvalue weighted by Crippen LogP contribution is 2.21. The third-order valence-electron chi connectivity index (χ3n) is 20.5. The molecule has 6 nitrogen and oxygen atoms in total. The molecule has 0 aromatic rings. The van der Waals surface area contributed by atoms with Gasteiger partial charge in [0.25, 0.3) is 0 Å². The third-order valence-corrected chi connectivity index (χ3v) is 20.5. The number of aliphatic hydroxyl groups excluding tert-OH is 2. The second-order valence-electron chi connectivity index (χ2n) is 29.9. The SMILES string of the molecule is CCCCC/C=C\C/C=C\CCCCCCCCCCCC(=O)OCCCCCCCCCCCCCCCCCCCCCCCCCCCCCCCCCCCC(=O)NC(CO)C(O)CCCCCCCCCCCCCCCCCCCCCCCCCC. The molecule has 552 valence electrons. The first kappa shape index (κ1) is 91.3. The molecule has 3 N–H and O–H groups in total. The van der Waals surface area contributed by atoms with Gasteiger partial charge in [-0.15, -0.1) is 0 Å². The summed E-state index contributed by atoms with van der Waals surface area (Å²) in [6.07, 6.45) is 107. The van der Waals surface area contributed by atoms with Crippen molar-refractivity contribution in [3.8, 4) is 0 Å². The lowest BCUT2D eigenvalue weighted by Crippen LogP contribution is -2.45. The van der Waals surface area contributed by atoms with E-state index in [-0.39, 0.29) is 18.5 Å². The summed E-state index contributed by atoms with van der Waals surface area (Å²) in [7, 11) is 0. The summed E-state index contributed by atoms with van der Waals surface area (Å²) in [6, 6.07) is -0.539. The van der Waals surface area contributed by atoms with Crippen LogP contribution < -0.4 is 5.32 Å². The van der Waals surface area contributed by atoms with Crippen molar-refractivity contribution in [3.05, 3.63) is 24.3 Å². The van der Waals surface area contributed by atoms with Crippen molar-refractivity contribution in [1.82, 2.24) is 5.32 Å². The molecule has 0 rings (SSSR count). The molecule has 0 heterocycles. The molecule has 0 radical (unpaired) electrons. The van der Waals surface area contributed by atoms with Crippen LogP contribution in [0.4, 0.5) is 0 Å². The largest absolute Gasteiger partial charge is 0.466 e. The molecule has 0 spiro atoms. The molecule has 2 atom stereocenters. The van der Waals surface area contributed by atoms with Crippen LogP contribution in [-0.2, 0) is 14.3 Å². The van der Waals surface area contributed by atoms with Gasteiger partial charge >= 0.3 is 5.97 Å². The van der Waals surface area contributed by atoms with E-state index < -0.39 is 12.1 Å². The van der Waals surface area contributed by atoms with Gasteiger partial charge in [-0.2, -0.15) is 0 Å². The Bertz CT molecular complexity index is 1460. The molecule has 0 saturated heterocycles. The Morgan fingerprint density at radius 2 is 0.538 bits per heavy atom. The standard InChI is InChI=1S/C87H169NO5/c1-3-5-7-9-11-13-15-17-19-21-23-24-25-37-40-44-47-51-55-59-63-67-71-75-79-85(90)84(83-89)88-86(91)80-76-72-68-64-60-56-52-48-45-41-38-35-33-31-29-27-26-28-30-32-34-36-39-42-46-50-54-58-62-66-70-74-78-82-93-87(92)81-77-73-69-65-61-57-53-49-43-22-20-18-16-14-12-10-8-6-4-2/h12,14,18,20,84-85,89-90H,3-11,13,15-17,19,21-83H2,1-2H3,(H,88,91)/b14-12-,20-18-. The lowest BCUT2D eigenvalue weighted by atomic mass is 10.0. The Balaban J connectivity index is 3.32. The van der Waals surface area contributed by atoms with Crippen LogP contribution in [0.25, 0.3) is 0 Å². The lowest BCUT2D eigenvalue weighted by Gasteiger charge is -2.22. The van der Waals surface area contributed by atoms with Crippen LogP contribution in [0.5, 0.6) is 0 Å². The Labute approximate surface area is 583 Å². The molecular formula is C87H169NO5. The highest BCUT2D eigenvalue weighted by atomic mass is 16.5. The average Bonchev–Trinajstić information content (AvgIpc) is 3.78. The van der Waals surface area contributed by atoms with Crippen molar-refractivity contribution >= 4 is 11.9 Å². The van der Waals surface area contributed by atoms with Crippen molar-refractivity contribution in [2.75, 3.05) is 13.2 Å². The highest BCUT2D eigenvalue weighted by molar-refractivity contribution is 5.76. The fourth-order valence-electron chi connectivity index (χ4n) is 14.0. The number of unbranched alkanes of at least 4 members (excludes halogenated alkanes) is 67. The number of carbonyl (C=O) groups is 2. The van der Waals surface area contributed by atoms with Gasteiger partial charge in [0.05, 0.1) is 25.4 Å². The quantitative estimate of drug-likeness (QED) is 0.0320. The summed E-state index contributed by atoms with van der Waals surface area (Å²) < 4.78 is 5.52. The van der Waals surface area contributed by atoms with Crippen LogP contribution in [0.15, 0.2) is 24.3 Å². The lowest BCUT2D eigenvalue weighted by molar-refractivity contribution is -0.143. The zero-order valence-electron chi connectivity index (χ0n) is 63.5. The van der Waals surface area contributed by atoms with Crippen LogP contribution in [0.1, 0.15) is 495 Å². The van der Waals surface area contributed by atoms with Gasteiger partial charge in [0.1, 0.15) is 0 Å². The third kappa shape index (κ3) is 79.2. The molecule has 0 aromatic carbocycles. The average molecular weight is 1310 g/mol. The number of hydrogen-bond acceptors (Lipinski definition) is 5. The Hall–Kier alpha value is -1.66. The number of allylic oxidation sites excluding steroid dienone is 4. The van der Waals surface area contributed by atoms with Gasteiger partial charge in [-0.3, -0.25) is 9.59 Å². The topological polar surface area (TPSA) is 95.9 Å². The van der Waals surface area contributed by atoms with Gasteiger partial charge in [-0.05, 0) is 57.8 Å². The molecule has 93 heavy (non-hydrogen) atoms. The van der Waals surface area contributed by atoms with Gasteiger partial charge in [0.2, 0.25) is 5.91 Å². The van der Waals surface area contributed by atoms with Crippen molar-refractivity contribution in [2.24, 2.45) is 0 Å². The molecule has 0 aliphatic carbocycles. The molecule has 0 aromatic heterocycles. The minimum absolute atomic E-state index is 0.0192. The number of rotatable bonds is 82. The first-order valence-corrected chi connectivity index (χ1v) is 43.1. The van der Waals surface area contributed by atoms with E-state index in [0.29, 0.717) is 25.9 Å². The summed E-state index contributed by atoms with van der Waals surface area (Å²) >= 11 is 0. The Morgan fingerprint density at radius 3 is 0.839 bits per heavy atom. The summed E-state index contributed by atoms with van der Waals surface area (Å²) in [5.74, 6) is -0.00458. The predicted molar refractivity (Wildman–Crippen MR) is 412 cm³/mol. The van der Waals surface area contributed by atoms with E-state index in [1.165, 1.54) is 417 Å². The molecule has 0 fully saturated rings. The number of amides is 1. The van der Waals surface area contributed by atoms with E-state index in [1.54, 1.807) is 0 Å². The summed E-state index contributed by atoms with van der Waals surface area (Å²) in [6.45, 7) is 4.99. The predicted octanol–water partition coefficient (Wildman–Crippen LogP) is 28.8. The van der Waals surface area contributed by atoms with Crippen LogP contribution in [-0.4, -0.2) is 47.4 Å². The van der Waals surface area contributed by atoms with Crippen molar-refractivity contribution < 1.29 is 24.5 Å². The van der Waals surface area contributed by atoms with E-state index in [2.05, 4.69) is 43.5 Å². The highest BCUT2D eigenvalue weighted by Gasteiger charge is 2.20. The van der Waals surface area contributed by atoms with Gasteiger partial charge in [0, 0.05) is 12.8 Å². The number of nitrogens with one attached hydrogen (secondary N) is 1. The molecule has 0 aliphatic rings. The zero-order chi connectivity index (χ0) is 67.0. The number of aliphatic hydroxyl groups is 2. The smallest absolute Gasteiger partial charge is 0.305 e. The minimum atomic E-state index is -0.662. The first-order valence-electron chi connectivity index (χ1n) is 43.1. The molecule has 2 unspecified atom stereocenters. The second-order valence-corrected chi connectivity index (χ2v) is 29.9. The fourth-order valence-corrected chi connectivity index (χ4v) is 14.0. The van der Waals surface area contributed by atoms with Crippen LogP contribution >= 0.6 is 0 Å². The van der Waals surface area contributed by atoms with Crippen LogP contribution in [0.2, 0.25) is 0 Å². The zero-order valence-corrected chi connectivity index (χ0v) is 63.5.